The maximum atomic E-state index is 4.53. The second kappa shape index (κ2) is 32.3. The predicted molar refractivity (Wildman–Crippen MR) is 290 cm³/mol. The normalized spacial score (nSPS) is 17.9. The van der Waals surface area contributed by atoms with Crippen LogP contribution in [0.3, 0.4) is 0 Å². The molecule has 0 radical (unpaired) electrons. The van der Waals surface area contributed by atoms with E-state index < -0.39 is 8.07 Å². The first-order valence-electron chi connectivity index (χ1n) is 23.9. The van der Waals surface area contributed by atoms with Gasteiger partial charge in [0.25, 0.3) is 0 Å². The van der Waals surface area contributed by atoms with Crippen molar-refractivity contribution in [2.75, 3.05) is 46.3 Å². The van der Waals surface area contributed by atoms with Crippen molar-refractivity contribution in [2.45, 2.75) is 83.9 Å². The SMILES string of the molecule is C=C/C=C/c1ccccc1.CC(/C=C/c1ccccc1)N(C)Cc1ccccc1.[CH2-]N1CCN2CCN3CCN([PH+](C(C)C)C(C)C)C3[CH-]C12.[Cl][Rh+2].c1ccc(CNCc2ccccc2)cc1. The molecule has 0 amide bonds. The Labute approximate surface area is 422 Å². The largest absolute Gasteiger partial charge is 0.309 e. The molecule has 3 heterocycles. The Morgan fingerprint density at radius 2 is 1.06 bits per heavy atom. The van der Waals surface area contributed by atoms with Gasteiger partial charge in [-0.15, -0.1) is 0 Å². The zero-order valence-electron chi connectivity index (χ0n) is 41.0. The molecule has 3 aliphatic rings. The van der Waals surface area contributed by atoms with Gasteiger partial charge in [0, 0.05) is 58.4 Å². The molecule has 0 aliphatic carbocycles. The molecule has 0 bridgehead atoms. The number of halogens is 1. The standard InChI is InChI=1S/C18H21N.C16H31N4P.C14H15N.C10H10.ClH.Rh/c1-16(13-14-17-9-5-3-6-10-17)19(2)15-18-11-7-4-8-12-18;1-13(2)21(14(3)4)20-11-10-19-9-8-18-7-6-17(5)15(18)12-16(19)20;1-3-7-13(8-4-1)11-15-12-14-9-5-2-6-10-14;1-2-3-7-10-8-5-4-6-9-10;;/h3-14,16H,15H2,1-2H3;12-16H,5-11H2,1-4H3;1-10,15H,11-12H2;2-9H,1H2;1H;/q;-2;;;;+3/b14-13+;;;7-3+;;. The smallest absolute Gasteiger partial charge is 0.0208 e. The Balaban J connectivity index is 0.000000198. The zero-order valence-corrected chi connectivity index (χ0v) is 44.4. The Morgan fingerprint density at radius 3 is 1.54 bits per heavy atom. The maximum absolute atomic E-state index is 4.53. The van der Waals surface area contributed by atoms with Crippen LogP contribution in [0.5, 0.6) is 0 Å². The monoisotopic (exact) mass is 1030 g/mol. The summed E-state index contributed by atoms with van der Waals surface area (Å²) in [6.45, 7) is 25.5. The topological polar surface area (TPSA) is 28.2 Å². The van der Waals surface area contributed by atoms with E-state index in [1.165, 1.54) is 60.5 Å². The molecule has 5 aromatic rings. The average molecular weight is 1030 g/mol. The predicted octanol–water partition coefficient (Wildman–Crippen LogP) is 12.6. The third kappa shape index (κ3) is 20.1. The summed E-state index contributed by atoms with van der Waals surface area (Å²) in [5.74, 6) is 0. The Hall–Kier alpha value is -3.58. The minimum absolute atomic E-state index is 0.417. The number of hydrogen-bond acceptors (Lipinski definition) is 6. The molecule has 3 atom stereocenters. The van der Waals surface area contributed by atoms with Crippen molar-refractivity contribution in [1.29, 1.82) is 0 Å². The van der Waals surface area contributed by atoms with Crippen molar-refractivity contribution in [3.05, 3.63) is 218 Å². The fraction of sp³-hybridized carbons (Fsp3) is 0.345. The van der Waals surface area contributed by atoms with E-state index in [4.69, 9.17) is 0 Å². The first-order chi connectivity index (χ1) is 32.6. The summed E-state index contributed by atoms with van der Waals surface area (Å²) in [4.78, 5) is 9.91. The van der Waals surface area contributed by atoms with Gasteiger partial charge < -0.3 is 20.0 Å². The molecule has 67 heavy (non-hydrogen) atoms. The van der Waals surface area contributed by atoms with E-state index in [0.29, 0.717) is 18.4 Å². The van der Waals surface area contributed by atoms with Gasteiger partial charge in [-0.2, -0.15) is 4.67 Å². The molecule has 3 fully saturated rings. The van der Waals surface area contributed by atoms with E-state index in [1.54, 1.807) is 6.08 Å². The van der Waals surface area contributed by atoms with E-state index >= 15 is 0 Å². The quantitative estimate of drug-likeness (QED) is 0.0516. The maximum Gasteiger partial charge on any atom is 0.0208 e. The van der Waals surface area contributed by atoms with Crippen LogP contribution in [0.4, 0.5) is 0 Å². The van der Waals surface area contributed by atoms with E-state index in [9.17, 15) is 0 Å². The molecule has 5 aromatic carbocycles. The van der Waals surface area contributed by atoms with Gasteiger partial charge in [-0.05, 0) is 82.2 Å². The fourth-order valence-electron chi connectivity index (χ4n) is 8.69. The minimum Gasteiger partial charge on any atom is -0.309 e. The molecular formula is C58H78ClN6PRh+. The third-order valence-corrected chi connectivity index (χ3v) is 15.7. The second-order valence-corrected chi connectivity index (χ2v) is 21.6. The number of fused-ring (bicyclic) bond motifs is 2. The summed E-state index contributed by atoms with van der Waals surface area (Å²) in [6.07, 6.45) is 13.7. The molecule has 3 saturated heterocycles. The molecule has 8 rings (SSSR count). The van der Waals surface area contributed by atoms with Gasteiger partial charge in [0.15, 0.2) is 0 Å². The summed E-state index contributed by atoms with van der Waals surface area (Å²) in [5, 5.41) is 3.42. The van der Waals surface area contributed by atoms with Crippen LogP contribution in [0.25, 0.3) is 12.2 Å². The average Bonchev–Trinajstić information content (AvgIpc) is 3.86. The molecule has 3 unspecified atom stereocenters. The van der Waals surface area contributed by atoms with Crippen molar-refractivity contribution in [3.63, 3.8) is 0 Å². The molecular weight excluding hydrogens is 950 g/mol. The van der Waals surface area contributed by atoms with Gasteiger partial charge in [0.05, 0.1) is 19.4 Å². The first-order valence-corrected chi connectivity index (χ1v) is 27.6. The van der Waals surface area contributed by atoms with Crippen molar-refractivity contribution >= 4 is 29.9 Å². The second-order valence-electron chi connectivity index (χ2n) is 17.8. The summed E-state index contributed by atoms with van der Waals surface area (Å²) in [6, 6.07) is 52.5. The molecule has 9 heteroatoms. The van der Waals surface area contributed by atoms with Gasteiger partial charge in [-0.3, -0.25) is 18.4 Å². The number of hydrogen-bond donors (Lipinski definition) is 1. The van der Waals surface area contributed by atoms with Crippen LogP contribution in [0.15, 0.2) is 176 Å². The van der Waals surface area contributed by atoms with Crippen molar-refractivity contribution in [1.82, 2.24) is 29.6 Å². The summed E-state index contributed by atoms with van der Waals surface area (Å²) in [5.41, 5.74) is 8.08. The number of allylic oxidation sites excluding steroid dienone is 2. The number of likely N-dealkylation sites (N-methyl/N-ethyl adjacent to an activating group) is 1. The molecule has 0 saturated carbocycles. The van der Waals surface area contributed by atoms with Crippen LogP contribution in [-0.2, 0) is 36.9 Å². The van der Waals surface area contributed by atoms with Crippen LogP contribution in [0.1, 0.15) is 62.4 Å². The fourth-order valence-corrected chi connectivity index (χ4v) is 12.3. The molecule has 3 aliphatic heterocycles. The van der Waals surface area contributed by atoms with E-state index in [1.807, 2.05) is 65.9 Å². The Kier molecular flexibility index (Phi) is 27.0. The van der Waals surface area contributed by atoms with Gasteiger partial charge in [0.2, 0.25) is 0 Å². The van der Waals surface area contributed by atoms with Crippen molar-refractivity contribution < 1.29 is 17.3 Å². The summed E-state index contributed by atoms with van der Waals surface area (Å²) >= 11 is 2.02. The Bertz CT molecular complexity index is 2030. The zero-order chi connectivity index (χ0) is 48.2. The molecule has 0 aromatic heterocycles. The van der Waals surface area contributed by atoms with Gasteiger partial charge in [0.1, 0.15) is 0 Å². The van der Waals surface area contributed by atoms with E-state index in [0.717, 1.165) is 37.5 Å². The van der Waals surface area contributed by atoms with Crippen molar-refractivity contribution in [3.8, 4) is 0 Å². The molecule has 0 spiro atoms. The summed E-state index contributed by atoms with van der Waals surface area (Å²) < 4.78 is 2.86. The number of nitrogens with one attached hydrogen (secondary N) is 1. The van der Waals surface area contributed by atoms with Crippen LogP contribution in [-0.4, -0.2) is 100 Å². The molecule has 6 nitrogen and oxygen atoms in total. The number of rotatable bonds is 14. The van der Waals surface area contributed by atoms with Crippen molar-refractivity contribution in [2.24, 2.45) is 0 Å². The van der Waals surface area contributed by atoms with Crippen LogP contribution >= 0.6 is 17.8 Å². The van der Waals surface area contributed by atoms with Crippen LogP contribution in [0, 0.1) is 13.5 Å². The molecule has 1 N–H and O–H groups in total. The Morgan fingerprint density at radius 1 is 0.642 bits per heavy atom. The van der Waals surface area contributed by atoms with Gasteiger partial charge >= 0.3 is 27.0 Å². The van der Waals surface area contributed by atoms with Gasteiger partial charge in [-0.1, -0.05) is 195 Å². The minimum atomic E-state index is -0.483. The number of nitrogens with zero attached hydrogens (tertiary/aromatic N) is 5. The van der Waals surface area contributed by atoms with Crippen LogP contribution < -0.4 is 5.32 Å². The van der Waals surface area contributed by atoms with E-state index in [-0.39, 0.29) is 0 Å². The van der Waals surface area contributed by atoms with Crippen LogP contribution in [0.2, 0.25) is 0 Å². The van der Waals surface area contributed by atoms with E-state index in [2.05, 4.69) is 228 Å². The summed E-state index contributed by atoms with van der Waals surface area (Å²) in [7, 11) is 10.5. The van der Waals surface area contributed by atoms with Gasteiger partial charge in [-0.25, -0.2) is 0 Å². The number of benzene rings is 5. The third-order valence-electron chi connectivity index (χ3n) is 12.2. The first kappa shape index (κ1) is 56.0. The molecule has 360 valence electrons.